The first-order valence-corrected chi connectivity index (χ1v) is 8.96. The summed E-state index contributed by atoms with van der Waals surface area (Å²) in [7, 11) is 1.63. The van der Waals surface area contributed by atoms with Crippen LogP contribution in [0.5, 0.6) is 0 Å². The molecule has 1 aliphatic carbocycles. The zero-order valence-corrected chi connectivity index (χ0v) is 15.4. The van der Waals surface area contributed by atoms with Gasteiger partial charge < -0.3 is 15.0 Å². The number of aromatic nitrogens is 4. The molecule has 8 nitrogen and oxygen atoms in total. The van der Waals surface area contributed by atoms with Gasteiger partial charge in [0.1, 0.15) is 12.1 Å². The maximum atomic E-state index is 11.8. The average molecular weight is 366 g/mol. The van der Waals surface area contributed by atoms with E-state index in [0.29, 0.717) is 25.0 Å². The third-order valence-corrected chi connectivity index (χ3v) is 4.57. The fourth-order valence-electron chi connectivity index (χ4n) is 3.09. The van der Waals surface area contributed by atoms with Crippen molar-refractivity contribution < 1.29 is 9.53 Å². The molecule has 0 saturated heterocycles. The van der Waals surface area contributed by atoms with Gasteiger partial charge in [-0.1, -0.05) is 12.1 Å². The molecule has 0 radical (unpaired) electrons. The van der Waals surface area contributed by atoms with Crippen LogP contribution in [0.15, 0.2) is 36.7 Å². The summed E-state index contributed by atoms with van der Waals surface area (Å²) in [6.07, 6.45) is 3.69. The molecule has 1 aromatic carbocycles. The van der Waals surface area contributed by atoms with E-state index in [1.54, 1.807) is 18.5 Å². The van der Waals surface area contributed by atoms with Crippen LogP contribution in [0.25, 0.3) is 5.78 Å². The number of ether oxygens (including phenoxy) is 1. The number of anilines is 2. The summed E-state index contributed by atoms with van der Waals surface area (Å²) in [5, 5.41) is 7.57. The largest absolute Gasteiger partial charge is 0.378 e. The van der Waals surface area contributed by atoms with Crippen LogP contribution in [0.1, 0.15) is 31.0 Å². The highest BCUT2D eigenvalue weighted by atomic mass is 16.5. The molecule has 3 aromatic rings. The molecule has 0 unspecified atom stereocenters. The average Bonchev–Trinajstić information content (AvgIpc) is 3.37. The predicted molar refractivity (Wildman–Crippen MR) is 100 cm³/mol. The first-order valence-electron chi connectivity index (χ1n) is 8.96. The Kier molecular flexibility index (Phi) is 4.72. The van der Waals surface area contributed by atoms with Crippen LogP contribution in [-0.4, -0.2) is 43.5 Å². The van der Waals surface area contributed by atoms with E-state index >= 15 is 0 Å². The van der Waals surface area contributed by atoms with E-state index < -0.39 is 0 Å². The maximum Gasteiger partial charge on any atom is 0.254 e. The fourth-order valence-corrected chi connectivity index (χ4v) is 3.09. The van der Waals surface area contributed by atoms with E-state index in [1.807, 2.05) is 35.2 Å². The van der Waals surface area contributed by atoms with Crippen LogP contribution >= 0.6 is 0 Å². The van der Waals surface area contributed by atoms with Crippen molar-refractivity contribution in [3.63, 3.8) is 0 Å². The van der Waals surface area contributed by atoms with Crippen molar-refractivity contribution >= 4 is 23.2 Å². The summed E-state index contributed by atoms with van der Waals surface area (Å²) in [6.45, 7) is 2.69. The quantitative estimate of drug-likeness (QED) is 0.692. The molecule has 1 aliphatic rings. The molecular formula is C19H22N6O2. The van der Waals surface area contributed by atoms with E-state index in [-0.39, 0.29) is 5.91 Å². The molecule has 4 rings (SSSR count). The predicted octanol–water partition coefficient (Wildman–Crippen LogP) is 2.53. The van der Waals surface area contributed by atoms with E-state index in [4.69, 9.17) is 4.74 Å². The van der Waals surface area contributed by atoms with Gasteiger partial charge in [-0.15, -0.1) is 0 Å². The number of fused-ring (bicyclic) bond motifs is 1. The molecule has 8 heteroatoms. The number of benzene rings is 1. The smallest absolute Gasteiger partial charge is 0.254 e. The maximum absolute atomic E-state index is 11.8. The van der Waals surface area contributed by atoms with E-state index in [9.17, 15) is 4.79 Å². The number of amides is 1. The lowest BCUT2D eigenvalue weighted by molar-refractivity contribution is -0.130. The number of rotatable bonds is 7. The van der Waals surface area contributed by atoms with Gasteiger partial charge in [0.25, 0.3) is 5.78 Å². The van der Waals surface area contributed by atoms with Crippen molar-refractivity contribution in [3.8, 4) is 0 Å². The molecule has 2 aromatic heterocycles. The van der Waals surface area contributed by atoms with E-state index in [1.165, 1.54) is 6.33 Å². The minimum atomic E-state index is 0.135. The fraction of sp³-hybridized carbons (Fsp3) is 0.368. The summed E-state index contributed by atoms with van der Waals surface area (Å²) in [6, 6.07) is 10.4. The van der Waals surface area contributed by atoms with Gasteiger partial charge in [-0.25, -0.2) is 4.98 Å². The molecule has 1 saturated carbocycles. The molecule has 1 amide bonds. The Morgan fingerprint density at radius 3 is 2.78 bits per heavy atom. The number of nitrogens with one attached hydrogen (secondary N) is 1. The van der Waals surface area contributed by atoms with Gasteiger partial charge in [0.15, 0.2) is 0 Å². The minimum Gasteiger partial charge on any atom is -0.378 e. The van der Waals surface area contributed by atoms with Gasteiger partial charge >= 0.3 is 0 Å². The van der Waals surface area contributed by atoms with Crippen LogP contribution in [0, 0.1) is 0 Å². The summed E-state index contributed by atoms with van der Waals surface area (Å²) >= 11 is 0. The second kappa shape index (κ2) is 7.32. The van der Waals surface area contributed by atoms with E-state index in [2.05, 4.69) is 20.4 Å². The molecule has 1 N–H and O–H groups in total. The Morgan fingerprint density at radius 2 is 2.11 bits per heavy atom. The molecular weight excluding hydrogens is 344 g/mol. The van der Waals surface area contributed by atoms with Crippen molar-refractivity contribution in [3.05, 3.63) is 47.9 Å². The molecule has 27 heavy (non-hydrogen) atoms. The summed E-state index contributed by atoms with van der Waals surface area (Å²) in [4.78, 5) is 22.3. The lowest BCUT2D eigenvalue weighted by atomic mass is 10.2. The highest BCUT2D eigenvalue weighted by Gasteiger charge is 2.30. The Balaban J connectivity index is 1.52. The monoisotopic (exact) mass is 366 g/mol. The Bertz CT molecular complexity index is 948. The summed E-state index contributed by atoms with van der Waals surface area (Å²) < 4.78 is 6.83. The number of hydrogen-bond donors (Lipinski definition) is 1. The number of methoxy groups -OCH3 is 1. The Hall–Kier alpha value is -3.00. The van der Waals surface area contributed by atoms with Crippen LogP contribution < -0.4 is 5.32 Å². The van der Waals surface area contributed by atoms with Crippen molar-refractivity contribution in [2.45, 2.75) is 39.0 Å². The molecule has 0 bridgehead atoms. The highest BCUT2D eigenvalue weighted by molar-refractivity contribution is 5.74. The van der Waals surface area contributed by atoms with Gasteiger partial charge in [-0.3, -0.25) is 4.79 Å². The third kappa shape index (κ3) is 3.90. The summed E-state index contributed by atoms with van der Waals surface area (Å²) in [5.74, 6) is 1.42. The third-order valence-electron chi connectivity index (χ3n) is 4.57. The zero-order chi connectivity index (χ0) is 18.8. The first-order chi connectivity index (χ1) is 13.1. The van der Waals surface area contributed by atoms with Gasteiger partial charge in [0.2, 0.25) is 5.91 Å². The molecule has 2 heterocycles. The molecule has 0 aliphatic heterocycles. The van der Waals surface area contributed by atoms with Gasteiger partial charge in [-0.2, -0.15) is 14.6 Å². The Labute approximate surface area is 157 Å². The molecule has 0 atom stereocenters. The van der Waals surface area contributed by atoms with Crippen LogP contribution in [0.3, 0.4) is 0 Å². The number of carbonyl (C=O) groups is 1. The lowest BCUT2D eigenvalue weighted by Gasteiger charge is -2.20. The second-order valence-electron chi connectivity index (χ2n) is 6.74. The van der Waals surface area contributed by atoms with Crippen LogP contribution in [0.2, 0.25) is 0 Å². The minimum absolute atomic E-state index is 0.135. The van der Waals surface area contributed by atoms with Crippen molar-refractivity contribution in [2.75, 3.05) is 12.4 Å². The SMILES string of the molecule is COCc1cc(Nc2ccc(CN(C(C)=O)C3CC3)cc2)n2ncnc2n1. The normalized spacial score (nSPS) is 13.7. The van der Waals surface area contributed by atoms with Crippen molar-refractivity contribution in [2.24, 2.45) is 0 Å². The van der Waals surface area contributed by atoms with Gasteiger partial charge in [0.05, 0.1) is 12.3 Å². The topological polar surface area (TPSA) is 84.7 Å². The zero-order valence-electron chi connectivity index (χ0n) is 15.4. The number of hydrogen-bond acceptors (Lipinski definition) is 6. The summed E-state index contributed by atoms with van der Waals surface area (Å²) in [5.41, 5.74) is 2.81. The standard InChI is InChI=1S/C19H22N6O2/c1-13(26)24(17-7-8-17)10-14-3-5-15(6-4-14)22-18-9-16(11-27-2)23-19-20-12-21-25(18)19/h3-6,9,12,17,22H,7-8,10-11H2,1-2H3. The van der Waals surface area contributed by atoms with Gasteiger partial charge in [-0.05, 0) is 30.5 Å². The first kappa shape index (κ1) is 17.4. The number of nitrogens with zero attached hydrogens (tertiary/aromatic N) is 5. The lowest BCUT2D eigenvalue weighted by Crippen LogP contribution is -2.30. The molecule has 140 valence electrons. The van der Waals surface area contributed by atoms with Crippen molar-refractivity contribution in [1.82, 2.24) is 24.5 Å². The number of carbonyl (C=O) groups excluding carboxylic acids is 1. The Morgan fingerprint density at radius 1 is 1.33 bits per heavy atom. The highest BCUT2D eigenvalue weighted by Crippen LogP contribution is 2.28. The van der Waals surface area contributed by atoms with E-state index in [0.717, 1.165) is 35.6 Å². The second-order valence-corrected chi connectivity index (χ2v) is 6.74. The van der Waals surface area contributed by atoms with Crippen LogP contribution in [-0.2, 0) is 22.7 Å². The van der Waals surface area contributed by atoms with Gasteiger partial charge in [0, 0.05) is 38.4 Å². The molecule has 0 spiro atoms. The van der Waals surface area contributed by atoms with Crippen molar-refractivity contribution in [1.29, 1.82) is 0 Å². The van der Waals surface area contributed by atoms with Crippen LogP contribution in [0.4, 0.5) is 11.5 Å². The molecule has 1 fully saturated rings.